The van der Waals surface area contributed by atoms with Crippen molar-refractivity contribution in [2.24, 2.45) is 5.92 Å². The van der Waals surface area contributed by atoms with E-state index < -0.39 is 18.4 Å². The number of alkyl halides is 3. The minimum absolute atomic E-state index is 0.0650. The number of carboxylic acid groups (broad SMARTS) is 1. The van der Waals surface area contributed by atoms with Gasteiger partial charge in [-0.2, -0.15) is 0 Å². The molecule has 1 aliphatic heterocycles. The van der Waals surface area contributed by atoms with Crippen LogP contribution in [0, 0.1) is 5.92 Å². The number of hydrogen-bond donors (Lipinski definition) is 1. The van der Waals surface area contributed by atoms with E-state index in [1.54, 1.807) is 0 Å². The van der Waals surface area contributed by atoms with Crippen LogP contribution in [-0.4, -0.2) is 40.8 Å². The second-order valence-corrected chi connectivity index (χ2v) is 5.94. The predicted octanol–water partition coefficient (Wildman–Crippen LogP) is 2.84. The highest BCUT2D eigenvalue weighted by Gasteiger charge is 2.34. The zero-order valence-corrected chi connectivity index (χ0v) is 13.0. The molecule has 0 aromatic heterocycles. The van der Waals surface area contributed by atoms with E-state index in [-0.39, 0.29) is 24.0 Å². The number of aliphatic carboxylic acids is 1. The molecule has 1 aromatic rings. The molecule has 1 heterocycles. The van der Waals surface area contributed by atoms with Crippen LogP contribution in [0.15, 0.2) is 24.3 Å². The quantitative estimate of drug-likeness (QED) is 0.911. The Kier molecular flexibility index (Phi) is 5.36. The normalized spacial score (nSPS) is 21.4. The molecular formula is C16H18F3NO4. The fourth-order valence-electron chi connectivity index (χ4n) is 2.76. The highest BCUT2D eigenvalue weighted by Crippen LogP contribution is 2.25. The van der Waals surface area contributed by atoms with Gasteiger partial charge in [0.15, 0.2) is 0 Å². The Morgan fingerprint density at radius 3 is 2.46 bits per heavy atom. The minimum Gasteiger partial charge on any atom is -0.480 e. The number of nitrogens with zero attached hydrogens (tertiary/aromatic N) is 1. The number of benzene rings is 1. The monoisotopic (exact) mass is 345 g/mol. The van der Waals surface area contributed by atoms with E-state index in [1.165, 1.54) is 17.0 Å². The molecule has 1 saturated heterocycles. The molecule has 24 heavy (non-hydrogen) atoms. The van der Waals surface area contributed by atoms with Crippen LogP contribution in [0.2, 0.25) is 0 Å². The van der Waals surface area contributed by atoms with Crippen molar-refractivity contribution in [2.75, 3.05) is 6.54 Å². The summed E-state index contributed by atoms with van der Waals surface area (Å²) in [4.78, 5) is 25.0. The van der Waals surface area contributed by atoms with Crippen molar-refractivity contribution in [1.29, 1.82) is 0 Å². The number of carbonyl (C=O) groups is 2. The Balaban J connectivity index is 2.02. The fourth-order valence-corrected chi connectivity index (χ4v) is 2.76. The van der Waals surface area contributed by atoms with Crippen LogP contribution in [0.3, 0.4) is 0 Å². The first-order chi connectivity index (χ1) is 11.2. The third-order valence-electron chi connectivity index (χ3n) is 3.98. The second-order valence-electron chi connectivity index (χ2n) is 5.94. The maximum atomic E-state index is 12.4. The molecular weight excluding hydrogens is 327 g/mol. The van der Waals surface area contributed by atoms with E-state index in [0.29, 0.717) is 18.5 Å². The number of amides is 1. The summed E-state index contributed by atoms with van der Waals surface area (Å²) in [6.07, 6.45) is -3.70. The number of carboxylic acids is 1. The molecule has 1 aliphatic rings. The zero-order valence-electron chi connectivity index (χ0n) is 13.0. The Labute approximate surface area is 137 Å². The van der Waals surface area contributed by atoms with Gasteiger partial charge in [-0.1, -0.05) is 19.1 Å². The first-order valence-electron chi connectivity index (χ1n) is 7.52. The lowest BCUT2D eigenvalue weighted by Crippen LogP contribution is -2.50. The molecule has 132 valence electrons. The average Bonchev–Trinajstić information content (AvgIpc) is 2.47. The third-order valence-corrected chi connectivity index (χ3v) is 3.98. The van der Waals surface area contributed by atoms with Crippen LogP contribution < -0.4 is 4.74 Å². The summed E-state index contributed by atoms with van der Waals surface area (Å²) in [7, 11) is 0. The average molecular weight is 345 g/mol. The lowest BCUT2D eigenvalue weighted by molar-refractivity contribution is -0.274. The molecule has 0 saturated carbocycles. The van der Waals surface area contributed by atoms with Gasteiger partial charge in [-0.15, -0.1) is 13.2 Å². The largest absolute Gasteiger partial charge is 0.573 e. The zero-order chi connectivity index (χ0) is 17.9. The van der Waals surface area contributed by atoms with Crippen molar-refractivity contribution in [3.05, 3.63) is 29.8 Å². The summed E-state index contributed by atoms with van der Waals surface area (Å²) in [5.74, 6) is -1.52. The van der Waals surface area contributed by atoms with Gasteiger partial charge in [0.05, 0.1) is 6.42 Å². The molecule has 0 aliphatic carbocycles. The SMILES string of the molecule is CC1CCN(C(=O)Cc2ccc(OC(F)(F)F)cc2)C(C(=O)O)C1. The molecule has 1 fully saturated rings. The van der Waals surface area contributed by atoms with Gasteiger partial charge in [0.25, 0.3) is 0 Å². The molecule has 2 unspecified atom stereocenters. The van der Waals surface area contributed by atoms with Crippen molar-refractivity contribution < 1.29 is 32.6 Å². The fraction of sp³-hybridized carbons (Fsp3) is 0.500. The predicted molar refractivity (Wildman–Crippen MR) is 78.4 cm³/mol. The van der Waals surface area contributed by atoms with Crippen LogP contribution in [0.1, 0.15) is 25.3 Å². The Morgan fingerprint density at radius 2 is 1.92 bits per heavy atom. The number of hydrogen-bond acceptors (Lipinski definition) is 3. The number of rotatable bonds is 4. The third kappa shape index (κ3) is 4.87. The van der Waals surface area contributed by atoms with Gasteiger partial charge in [0.2, 0.25) is 5.91 Å². The number of piperidine rings is 1. The van der Waals surface area contributed by atoms with Crippen molar-refractivity contribution in [3.8, 4) is 5.75 Å². The molecule has 0 spiro atoms. The molecule has 0 radical (unpaired) electrons. The first-order valence-corrected chi connectivity index (χ1v) is 7.52. The van der Waals surface area contributed by atoms with E-state index >= 15 is 0 Å². The van der Waals surface area contributed by atoms with Gasteiger partial charge in [-0.3, -0.25) is 4.79 Å². The Bertz CT molecular complexity index is 600. The van der Waals surface area contributed by atoms with Crippen LogP contribution in [0.25, 0.3) is 0 Å². The summed E-state index contributed by atoms with van der Waals surface area (Å²) in [5.41, 5.74) is 0.497. The number of likely N-dealkylation sites (tertiary alicyclic amines) is 1. The van der Waals surface area contributed by atoms with Crippen LogP contribution >= 0.6 is 0 Å². The second kappa shape index (κ2) is 7.11. The molecule has 8 heteroatoms. The number of ether oxygens (including phenoxy) is 1. The van der Waals surface area contributed by atoms with Gasteiger partial charge >= 0.3 is 12.3 Å². The lowest BCUT2D eigenvalue weighted by Gasteiger charge is -2.36. The molecule has 5 nitrogen and oxygen atoms in total. The number of halogens is 3. The van der Waals surface area contributed by atoms with Crippen molar-refractivity contribution >= 4 is 11.9 Å². The maximum absolute atomic E-state index is 12.4. The maximum Gasteiger partial charge on any atom is 0.573 e. The van der Waals surface area contributed by atoms with Crippen LogP contribution in [-0.2, 0) is 16.0 Å². The summed E-state index contributed by atoms with van der Waals surface area (Å²) >= 11 is 0. The molecule has 1 amide bonds. The Morgan fingerprint density at radius 1 is 1.29 bits per heavy atom. The first kappa shape index (κ1) is 18.1. The summed E-state index contributed by atoms with van der Waals surface area (Å²) in [5, 5.41) is 9.27. The molecule has 1 N–H and O–H groups in total. The number of carbonyl (C=O) groups excluding carboxylic acids is 1. The molecule has 1 aromatic carbocycles. The minimum atomic E-state index is -4.77. The van der Waals surface area contributed by atoms with Gasteiger partial charge in [-0.05, 0) is 36.5 Å². The summed E-state index contributed by atoms with van der Waals surface area (Å²) in [6, 6.07) is 4.13. The highest BCUT2D eigenvalue weighted by atomic mass is 19.4. The van der Waals surface area contributed by atoms with Crippen LogP contribution in [0.4, 0.5) is 13.2 Å². The van der Waals surface area contributed by atoms with E-state index in [9.17, 15) is 27.9 Å². The van der Waals surface area contributed by atoms with Crippen LogP contribution in [0.5, 0.6) is 5.75 Å². The summed E-state index contributed by atoms with van der Waals surface area (Å²) < 4.78 is 40.1. The van der Waals surface area contributed by atoms with Crippen molar-refractivity contribution in [1.82, 2.24) is 4.90 Å². The Hall–Kier alpha value is -2.25. The van der Waals surface area contributed by atoms with Gasteiger partial charge < -0.3 is 14.7 Å². The smallest absolute Gasteiger partial charge is 0.480 e. The summed E-state index contributed by atoms with van der Waals surface area (Å²) in [6.45, 7) is 2.31. The molecule has 2 atom stereocenters. The van der Waals surface area contributed by atoms with Gasteiger partial charge in [-0.25, -0.2) is 4.79 Å². The van der Waals surface area contributed by atoms with Crippen molar-refractivity contribution in [3.63, 3.8) is 0 Å². The van der Waals surface area contributed by atoms with E-state index in [2.05, 4.69) is 4.74 Å². The topological polar surface area (TPSA) is 66.8 Å². The molecule has 2 rings (SSSR count). The standard InChI is InChI=1S/C16H18F3NO4/c1-10-6-7-20(13(8-10)15(22)23)14(21)9-11-2-4-12(5-3-11)24-16(17,18)19/h2-5,10,13H,6-9H2,1H3,(H,22,23). The van der Waals surface area contributed by atoms with E-state index in [4.69, 9.17) is 0 Å². The van der Waals surface area contributed by atoms with Gasteiger partial charge in [0, 0.05) is 6.54 Å². The molecule has 0 bridgehead atoms. The highest BCUT2D eigenvalue weighted by molar-refractivity contribution is 5.85. The van der Waals surface area contributed by atoms with Crippen molar-refractivity contribution in [2.45, 2.75) is 38.6 Å². The van der Waals surface area contributed by atoms with E-state index in [0.717, 1.165) is 18.6 Å². The van der Waals surface area contributed by atoms with E-state index in [1.807, 2.05) is 6.92 Å². The van der Waals surface area contributed by atoms with Gasteiger partial charge in [0.1, 0.15) is 11.8 Å². The lowest BCUT2D eigenvalue weighted by atomic mass is 9.92.